The number of benzene rings is 2. The van der Waals surface area contributed by atoms with E-state index in [9.17, 15) is 4.79 Å². The molecule has 0 aliphatic carbocycles. The van der Waals surface area contributed by atoms with E-state index >= 15 is 0 Å². The van der Waals surface area contributed by atoms with Crippen molar-refractivity contribution in [3.8, 4) is 11.5 Å². The van der Waals surface area contributed by atoms with E-state index < -0.39 is 0 Å². The molecule has 3 rings (SSSR count). The molecule has 1 aliphatic rings. The van der Waals surface area contributed by atoms with Crippen LogP contribution in [0.25, 0.3) is 0 Å². The number of ether oxygens (including phenoxy) is 2. The van der Waals surface area contributed by atoms with E-state index in [1.54, 1.807) is 26.2 Å². The molecule has 0 aromatic heterocycles. The molecule has 8 heteroatoms. The van der Waals surface area contributed by atoms with E-state index in [0.29, 0.717) is 24.1 Å². The Hall–Kier alpha value is -2.93. The summed E-state index contributed by atoms with van der Waals surface area (Å²) >= 11 is 5.93. The number of hydrogen-bond acceptors (Lipinski definition) is 4. The molecule has 0 spiro atoms. The lowest BCUT2D eigenvalue weighted by Gasteiger charge is -2.28. The van der Waals surface area contributed by atoms with Gasteiger partial charge in [-0.05, 0) is 37.3 Å². The molecule has 166 valence electrons. The molecule has 2 atom stereocenters. The second-order valence-corrected chi connectivity index (χ2v) is 8.02. The van der Waals surface area contributed by atoms with Crippen molar-refractivity contribution in [3.05, 3.63) is 59.1 Å². The second-order valence-electron chi connectivity index (χ2n) is 7.59. The first-order valence-corrected chi connectivity index (χ1v) is 10.7. The minimum absolute atomic E-state index is 0.0400. The molecule has 1 aliphatic heterocycles. The lowest BCUT2D eigenvalue weighted by molar-refractivity contribution is -0.127. The standard InChI is InChI=1S/C23H29ClN4O3/c1-16(31-18-10-8-17(24)9-11-18)14-25-23(26-15-22(29)28(2)3)27-20-12-13-30-21-7-5-4-6-19(20)21/h4-11,16,20H,12-15H2,1-3H3,(H2,25,26,27). The van der Waals surface area contributed by atoms with Crippen molar-refractivity contribution in [3.63, 3.8) is 0 Å². The van der Waals surface area contributed by atoms with Crippen molar-refractivity contribution in [2.24, 2.45) is 4.99 Å². The van der Waals surface area contributed by atoms with E-state index in [0.717, 1.165) is 23.5 Å². The van der Waals surface area contributed by atoms with Crippen molar-refractivity contribution in [1.29, 1.82) is 0 Å². The molecule has 0 fully saturated rings. The number of para-hydroxylation sites is 1. The van der Waals surface area contributed by atoms with E-state index in [1.165, 1.54) is 4.90 Å². The normalized spacial score (nSPS) is 16.5. The summed E-state index contributed by atoms with van der Waals surface area (Å²) in [6, 6.07) is 15.2. The smallest absolute Gasteiger partial charge is 0.243 e. The Morgan fingerprint density at radius 2 is 2.00 bits per heavy atom. The molecule has 0 saturated carbocycles. The summed E-state index contributed by atoms with van der Waals surface area (Å²) in [6.45, 7) is 3.15. The molecular weight excluding hydrogens is 416 g/mol. The van der Waals surface area contributed by atoms with Crippen LogP contribution in [0.1, 0.15) is 24.9 Å². The predicted octanol–water partition coefficient (Wildman–Crippen LogP) is 3.25. The molecule has 1 heterocycles. The zero-order valence-electron chi connectivity index (χ0n) is 18.1. The third-order valence-electron chi connectivity index (χ3n) is 4.85. The van der Waals surface area contributed by atoms with Crippen LogP contribution in [-0.2, 0) is 4.79 Å². The Balaban J connectivity index is 1.66. The number of hydrogen-bond donors (Lipinski definition) is 2. The Labute approximate surface area is 188 Å². The minimum Gasteiger partial charge on any atom is -0.493 e. The number of aliphatic imine (C=N–C) groups is 1. The molecular formula is C23H29ClN4O3. The molecule has 7 nitrogen and oxygen atoms in total. The Morgan fingerprint density at radius 3 is 2.74 bits per heavy atom. The lowest BCUT2D eigenvalue weighted by Crippen LogP contribution is -2.44. The average molecular weight is 445 g/mol. The van der Waals surface area contributed by atoms with Crippen LogP contribution >= 0.6 is 11.6 Å². The van der Waals surface area contributed by atoms with Gasteiger partial charge in [-0.3, -0.25) is 4.79 Å². The number of fused-ring (bicyclic) bond motifs is 1. The Morgan fingerprint density at radius 1 is 1.26 bits per heavy atom. The number of rotatable bonds is 7. The second kappa shape index (κ2) is 10.9. The van der Waals surface area contributed by atoms with Gasteiger partial charge in [-0.2, -0.15) is 0 Å². The van der Waals surface area contributed by atoms with E-state index in [2.05, 4.69) is 15.6 Å². The number of carbonyl (C=O) groups excluding carboxylic acids is 1. The highest BCUT2D eigenvalue weighted by Gasteiger charge is 2.22. The topological polar surface area (TPSA) is 75.2 Å². The number of likely N-dealkylation sites (N-methyl/N-ethyl adjacent to an activating group) is 1. The van der Waals surface area contributed by atoms with E-state index in [1.807, 2.05) is 43.3 Å². The third kappa shape index (κ3) is 6.79. The zero-order valence-corrected chi connectivity index (χ0v) is 18.9. The highest BCUT2D eigenvalue weighted by molar-refractivity contribution is 6.30. The van der Waals surface area contributed by atoms with Gasteiger partial charge in [0.25, 0.3) is 0 Å². The van der Waals surface area contributed by atoms with Crippen LogP contribution in [-0.4, -0.2) is 56.7 Å². The number of nitrogens with one attached hydrogen (secondary N) is 2. The Bertz CT molecular complexity index is 902. The van der Waals surface area contributed by atoms with Gasteiger partial charge < -0.3 is 25.0 Å². The minimum atomic E-state index is -0.125. The average Bonchev–Trinajstić information content (AvgIpc) is 2.77. The summed E-state index contributed by atoms with van der Waals surface area (Å²) in [7, 11) is 3.43. The summed E-state index contributed by atoms with van der Waals surface area (Å²) < 4.78 is 11.7. The van der Waals surface area contributed by atoms with Crippen molar-refractivity contribution in [1.82, 2.24) is 15.5 Å². The van der Waals surface area contributed by atoms with E-state index in [-0.39, 0.29) is 24.6 Å². The maximum Gasteiger partial charge on any atom is 0.243 e. The van der Waals surface area contributed by atoms with Crippen molar-refractivity contribution in [2.75, 3.05) is 33.8 Å². The predicted molar refractivity (Wildman–Crippen MR) is 123 cm³/mol. The summed E-state index contributed by atoms with van der Waals surface area (Å²) in [4.78, 5) is 18.1. The zero-order chi connectivity index (χ0) is 22.2. The number of amides is 1. The lowest BCUT2D eigenvalue weighted by atomic mass is 10.0. The van der Waals surface area contributed by atoms with Crippen LogP contribution in [0.5, 0.6) is 11.5 Å². The van der Waals surface area contributed by atoms with Gasteiger partial charge in [0.05, 0.1) is 19.2 Å². The number of nitrogens with zero attached hydrogens (tertiary/aromatic N) is 2. The van der Waals surface area contributed by atoms with Crippen LogP contribution in [0.15, 0.2) is 53.5 Å². The third-order valence-corrected chi connectivity index (χ3v) is 5.10. The number of guanidine groups is 1. The first-order chi connectivity index (χ1) is 14.9. The van der Waals surface area contributed by atoms with Gasteiger partial charge in [0.1, 0.15) is 24.1 Å². The molecule has 0 saturated heterocycles. The quantitative estimate of drug-likeness (QED) is 0.506. The number of carbonyl (C=O) groups is 1. The summed E-state index contributed by atoms with van der Waals surface area (Å²) in [5.74, 6) is 2.10. The maximum atomic E-state index is 12.1. The summed E-state index contributed by atoms with van der Waals surface area (Å²) in [6.07, 6.45) is 0.676. The SMILES string of the molecule is CC(CNC(=NCC(=O)N(C)C)NC1CCOc2ccccc21)Oc1ccc(Cl)cc1. The van der Waals surface area contributed by atoms with Gasteiger partial charge in [-0.25, -0.2) is 4.99 Å². The van der Waals surface area contributed by atoms with Gasteiger partial charge in [0.2, 0.25) is 5.91 Å². The summed E-state index contributed by atoms with van der Waals surface area (Å²) in [5.41, 5.74) is 1.08. The Kier molecular flexibility index (Phi) is 8.00. The molecule has 2 unspecified atom stereocenters. The van der Waals surface area contributed by atoms with Crippen molar-refractivity contribution >= 4 is 23.5 Å². The fourth-order valence-electron chi connectivity index (χ4n) is 3.13. The van der Waals surface area contributed by atoms with Gasteiger partial charge >= 0.3 is 0 Å². The molecule has 0 radical (unpaired) electrons. The van der Waals surface area contributed by atoms with Crippen LogP contribution in [0.4, 0.5) is 0 Å². The van der Waals surface area contributed by atoms with Crippen molar-refractivity contribution in [2.45, 2.75) is 25.5 Å². The molecule has 0 bridgehead atoms. The molecule has 2 aromatic carbocycles. The molecule has 1 amide bonds. The van der Waals surface area contributed by atoms with Crippen LogP contribution in [0.3, 0.4) is 0 Å². The van der Waals surface area contributed by atoms with Gasteiger partial charge in [0, 0.05) is 31.1 Å². The monoisotopic (exact) mass is 444 g/mol. The highest BCUT2D eigenvalue weighted by Crippen LogP contribution is 2.31. The van der Waals surface area contributed by atoms with Gasteiger partial charge in [0.15, 0.2) is 5.96 Å². The fraction of sp³-hybridized carbons (Fsp3) is 0.391. The molecule has 2 N–H and O–H groups in total. The molecule has 31 heavy (non-hydrogen) atoms. The van der Waals surface area contributed by atoms with Crippen LogP contribution in [0.2, 0.25) is 5.02 Å². The van der Waals surface area contributed by atoms with Crippen LogP contribution < -0.4 is 20.1 Å². The fourth-order valence-corrected chi connectivity index (χ4v) is 3.25. The summed E-state index contributed by atoms with van der Waals surface area (Å²) in [5, 5.41) is 7.41. The molecule has 2 aromatic rings. The highest BCUT2D eigenvalue weighted by atomic mass is 35.5. The van der Waals surface area contributed by atoms with Gasteiger partial charge in [-0.1, -0.05) is 29.8 Å². The maximum absolute atomic E-state index is 12.1. The van der Waals surface area contributed by atoms with Crippen LogP contribution in [0, 0.1) is 0 Å². The largest absolute Gasteiger partial charge is 0.493 e. The van der Waals surface area contributed by atoms with Crippen molar-refractivity contribution < 1.29 is 14.3 Å². The van der Waals surface area contributed by atoms with E-state index in [4.69, 9.17) is 21.1 Å². The first-order valence-electron chi connectivity index (χ1n) is 10.3. The van der Waals surface area contributed by atoms with Gasteiger partial charge in [-0.15, -0.1) is 0 Å². The first kappa shape index (κ1) is 22.7. The number of halogens is 1.